The van der Waals surface area contributed by atoms with Crippen LogP contribution in [-0.4, -0.2) is 10.5 Å². The summed E-state index contributed by atoms with van der Waals surface area (Å²) < 4.78 is 2.32. The number of rotatable bonds is 4. The van der Waals surface area contributed by atoms with E-state index in [0.29, 0.717) is 5.56 Å². The summed E-state index contributed by atoms with van der Waals surface area (Å²) in [6.07, 6.45) is 0.976. The Morgan fingerprint density at radius 3 is 2.52 bits per heavy atom. The van der Waals surface area contributed by atoms with E-state index in [-0.39, 0.29) is 5.91 Å². The molecule has 0 bridgehead atoms. The fourth-order valence-corrected chi connectivity index (χ4v) is 3.94. The smallest absolute Gasteiger partial charge is 0.249 e. The molecule has 0 unspecified atom stereocenters. The van der Waals surface area contributed by atoms with Gasteiger partial charge in [-0.1, -0.05) is 43.3 Å². The lowest BCUT2D eigenvalue weighted by Gasteiger charge is -2.12. The standard InChI is InChI=1S/C24H24N2O/c1-4-17-11-12-19-22(13-17)26(14-18-8-5-7-15(2)16(18)3)21-10-6-9-20(23(19)21)24(25)27/h5-13H,4,14H2,1-3H3,(H2,25,27). The van der Waals surface area contributed by atoms with Crippen molar-refractivity contribution in [3.63, 3.8) is 0 Å². The quantitative estimate of drug-likeness (QED) is 0.542. The number of amides is 1. The number of fused-ring (bicyclic) bond motifs is 3. The molecule has 1 aromatic heterocycles. The summed E-state index contributed by atoms with van der Waals surface area (Å²) in [6.45, 7) is 7.24. The number of primary amides is 1. The summed E-state index contributed by atoms with van der Waals surface area (Å²) in [4.78, 5) is 12.1. The highest BCUT2D eigenvalue weighted by atomic mass is 16.1. The highest BCUT2D eigenvalue weighted by Gasteiger charge is 2.17. The van der Waals surface area contributed by atoms with Crippen molar-refractivity contribution < 1.29 is 4.79 Å². The van der Waals surface area contributed by atoms with Crippen LogP contribution in [0.1, 0.15) is 39.5 Å². The van der Waals surface area contributed by atoms with Gasteiger partial charge in [0.2, 0.25) is 5.91 Å². The molecule has 0 fully saturated rings. The molecule has 1 heterocycles. The van der Waals surface area contributed by atoms with Crippen LogP contribution in [0.15, 0.2) is 54.6 Å². The van der Waals surface area contributed by atoms with Gasteiger partial charge in [-0.25, -0.2) is 0 Å². The van der Waals surface area contributed by atoms with Crippen LogP contribution in [0.2, 0.25) is 0 Å². The summed E-state index contributed by atoms with van der Waals surface area (Å²) in [5.74, 6) is -0.383. The Bertz CT molecular complexity index is 1180. The number of nitrogens with two attached hydrogens (primary N) is 1. The molecule has 0 aliphatic rings. The van der Waals surface area contributed by atoms with Gasteiger partial charge in [0.1, 0.15) is 0 Å². The second-order valence-corrected chi connectivity index (χ2v) is 7.21. The summed E-state index contributed by atoms with van der Waals surface area (Å²) >= 11 is 0. The van der Waals surface area contributed by atoms with Gasteiger partial charge < -0.3 is 10.3 Å². The zero-order valence-corrected chi connectivity index (χ0v) is 16.0. The second-order valence-electron chi connectivity index (χ2n) is 7.21. The van der Waals surface area contributed by atoms with E-state index in [0.717, 1.165) is 34.8 Å². The van der Waals surface area contributed by atoms with Gasteiger partial charge in [0.15, 0.2) is 0 Å². The number of aromatic nitrogens is 1. The minimum atomic E-state index is -0.383. The van der Waals surface area contributed by atoms with Gasteiger partial charge in [-0.2, -0.15) is 0 Å². The Kier molecular flexibility index (Phi) is 4.23. The first-order valence-corrected chi connectivity index (χ1v) is 9.40. The molecule has 0 aliphatic carbocycles. The molecule has 0 atom stereocenters. The molecule has 0 radical (unpaired) electrons. The lowest BCUT2D eigenvalue weighted by atomic mass is 10.0. The first-order chi connectivity index (χ1) is 13.0. The molecule has 4 rings (SSSR count). The lowest BCUT2D eigenvalue weighted by Crippen LogP contribution is -2.11. The largest absolute Gasteiger partial charge is 0.366 e. The van der Waals surface area contributed by atoms with E-state index in [1.165, 1.54) is 22.3 Å². The van der Waals surface area contributed by atoms with Gasteiger partial charge in [-0.3, -0.25) is 4.79 Å². The van der Waals surface area contributed by atoms with E-state index in [9.17, 15) is 4.79 Å². The van der Waals surface area contributed by atoms with Crippen molar-refractivity contribution in [2.45, 2.75) is 33.7 Å². The maximum absolute atomic E-state index is 12.1. The normalized spacial score (nSPS) is 11.4. The predicted octanol–water partition coefficient (Wildman–Crippen LogP) is 5.12. The zero-order chi connectivity index (χ0) is 19.1. The molecule has 1 amide bonds. The van der Waals surface area contributed by atoms with Crippen LogP contribution < -0.4 is 5.73 Å². The van der Waals surface area contributed by atoms with E-state index in [2.05, 4.69) is 67.8 Å². The van der Waals surface area contributed by atoms with Crippen molar-refractivity contribution in [3.05, 3.63) is 82.4 Å². The molecule has 0 saturated heterocycles. The SMILES string of the molecule is CCc1ccc2c3c(C(N)=O)cccc3n(Cc3cccc(C)c3C)c2c1. The Balaban J connectivity index is 2.06. The Labute approximate surface area is 159 Å². The van der Waals surface area contributed by atoms with Gasteiger partial charge in [0.25, 0.3) is 0 Å². The van der Waals surface area contributed by atoms with E-state index in [4.69, 9.17) is 5.73 Å². The lowest BCUT2D eigenvalue weighted by molar-refractivity contribution is 0.100. The maximum Gasteiger partial charge on any atom is 0.249 e. The number of carbonyl (C=O) groups is 1. The van der Waals surface area contributed by atoms with E-state index >= 15 is 0 Å². The van der Waals surface area contributed by atoms with Gasteiger partial charge in [0, 0.05) is 28.4 Å². The summed E-state index contributed by atoms with van der Waals surface area (Å²) in [6, 6.07) is 18.8. The molecule has 136 valence electrons. The molecule has 3 nitrogen and oxygen atoms in total. The first-order valence-electron chi connectivity index (χ1n) is 9.40. The van der Waals surface area contributed by atoms with E-state index in [1.807, 2.05) is 12.1 Å². The number of nitrogens with zero attached hydrogens (tertiary/aromatic N) is 1. The fraction of sp³-hybridized carbons (Fsp3) is 0.208. The van der Waals surface area contributed by atoms with Crippen LogP contribution >= 0.6 is 0 Å². The van der Waals surface area contributed by atoms with Gasteiger partial charge in [0.05, 0.1) is 5.52 Å². The van der Waals surface area contributed by atoms with Crippen LogP contribution in [0.3, 0.4) is 0 Å². The molecule has 3 aromatic carbocycles. The third kappa shape index (κ3) is 2.80. The molecule has 0 spiro atoms. The number of carbonyl (C=O) groups excluding carboxylic acids is 1. The van der Waals surface area contributed by atoms with Crippen LogP contribution in [-0.2, 0) is 13.0 Å². The monoisotopic (exact) mass is 356 g/mol. The van der Waals surface area contributed by atoms with Crippen molar-refractivity contribution in [3.8, 4) is 0 Å². The average Bonchev–Trinajstić information content (AvgIpc) is 2.98. The Hall–Kier alpha value is -3.07. The molecule has 3 heteroatoms. The van der Waals surface area contributed by atoms with Crippen molar-refractivity contribution in [1.29, 1.82) is 0 Å². The predicted molar refractivity (Wildman–Crippen MR) is 112 cm³/mol. The topological polar surface area (TPSA) is 48.0 Å². The molecule has 27 heavy (non-hydrogen) atoms. The Morgan fingerprint density at radius 1 is 1.00 bits per heavy atom. The molecule has 2 N–H and O–H groups in total. The molecular weight excluding hydrogens is 332 g/mol. The van der Waals surface area contributed by atoms with Crippen molar-refractivity contribution >= 4 is 27.7 Å². The minimum absolute atomic E-state index is 0.383. The summed E-state index contributed by atoms with van der Waals surface area (Å²) in [5, 5.41) is 2.04. The van der Waals surface area contributed by atoms with Gasteiger partial charge >= 0.3 is 0 Å². The highest BCUT2D eigenvalue weighted by Crippen LogP contribution is 2.33. The first kappa shape index (κ1) is 17.3. The maximum atomic E-state index is 12.1. The number of hydrogen-bond acceptors (Lipinski definition) is 1. The third-order valence-electron chi connectivity index (χ3n) is 5.67. The Morgan fingerprint density at radius 2 is 1.78 bits per heavy atom. The van der Waals surface area contributed by atoms with Crippen molar-refractivity contribution in [2.24, 2.45) is 5.73 Å². The molecule has 4 aromatic rings. The third-order valence-corrected chi connectivity index (χ3v) is 5.67. The fourth-order valence-electron chi connectivity index (χ4n) is 3.94. The van der Waals surface area contributed by atoms with Gasteiger partial charge in [-0.05, 0) is 60.7 Å². The minimum Gasteiger partial charge on any atom is -0.366 e. The summed E-state index contributed by atoms with van der Waals surface area (Å²) in [7, 11) is 0. The molecule has 0 saturated carbocycles. The van der Waals surface area contributed by atoms with Crippen molar-refractivity contribution in [2.75, 3.05) is 0 Å². The van der Waals surface area contributed by atoms with E-state index in [1.54, 1.807) is 0 Å². The number of benzene rings is 3. The van der Waals surface area contributed by atoms with Crippen LogP contribution in [0.5, 0.6) is 0 Å². The second kappa shape index (κ2) is 6.58. The van der Waals surface area contributed by atoms with Crippen LogP contribution in [0.4, 0.5) is 0 Å². The highest BCUT2D eigenvalue weighted by molar-refractivity contribution is 6.18. The van der Waals surface area contributed by atoms with E-state index < -0.39 is 0 Å². The average molecular weight is 356 g/mol. The molecular formula is C24H24N2O. The van der Waals surface area contributed by atoms with Gasteiger partial charge in [-0.15, -0.1) is 0 Å². The van der Waals surface area contributed by atoms with Crippen LogP contribution in [0.25, 0.3) is 21.8 Å². The number of hydrogen-bond donors (Lipinski definition) is 1. The molecule has 0 aliphatic heterocycles. The summed E-state index contributed by atoms with van der Waals surface area (Å²) in [5.41, 5.74) is 13.7. The number of aryl methyl sites for hydroxylation is 2. The van der Waals surface area contributed by atoms with Crippen LogP contribution in [0, 0.1) is 13.8 Å². The van der Waals surface area contributed by atoms with Crippen molar-refractivity contribution in [1.82, 2.24) is 4.57 Å². The zero-order valence-electron chi connectivity index (χ0n) is 16.0.